The highest BCUT2D eigenvalue weighted by molar-refractivity contribution is 5.77. The molecule has 1 saturated heterocycles. The van der Waals surface area contributed by atoms with E-state index in [0.717, 1.165) is 12.1 Å². The van der Waals surface area contributed by atoms with Gasteiger partial charge in [0.25, 0.3) is 0 Å². The van der Waals surface area contributed by atoms with Crippen LogP contribution in [-0.2, 0) is 4.79 Å². The van der Waals surface area contributed by atoms with Crippen LogP contribution in [0.15, 0.2) is 18.2 Å². The number of nitrogens with one attached hydrogen (secondary N) is 1. The molecule has 1 fully saturated rings. The fourth-order valence-electron chi connectivity index (χ4n) is 2.42. The lowest BCUT2D eigenvalue weighted by molar-refractivity contribution is -0.141. The second kappa shape index (κ2) is 6.07. The third kappa shape index (κ3) is 3.29. The topological polar surface area (TPSA) is 69.6 Å². The Morgan fingerprint density at radius 1 is 1.38 bits per heavy atom. The van der Waals surface area contributed by atoms with Crippen LogP contribution in [-0.4, -0.2) is 35.1 Å². The standard InChI is InChI=1S/C14H16F2N2O3/c1-8(12-10(15)3-2-4-11(12)16)17-14(21)18-6-5-9(7-18)13(19)20/h2-4,8-9H,5-7H2,1H3,(H,17,21)(H,19,20). The van der Waals surface area contributed by atoms with Crippen molar-refractivity contribution in [3.63, 3.8) is 0 Å². The molecule has 5 nitrogen and oxygen atoms in total. The van der Waals surface area contributed by atoms with Crippen LogP contribution < -0.4 is 5.32 Å². The molecule has 2 amide bonds. The van der Waals surface area contributed by atoms with E-state index < -0.39 is 35.6 Å². The summed E-state index contributed by atoms with van der Waals surface area (Å²) in [5, 5.41) is 11.4. The van der Waals surface area contributed by atoms with Gasteiger partial charge in [0.2, 0.25) is 0 Å². The highest BCUT2D eigenvalue weighted by Crippen LogP contribution is 2.22. The van der Waals surface area contributed by atoms with Crippen molar-refractivity contribution in [2.75, 3.05) is 13.1 Å². The van der Waals surface area contributed by atoms with Crippen LogP contribution in [0.2, 0.25) is 0 Å². The molecule has 0 saturated carbocycles. The minimum atomic E-state index is -0.946. The van der Waals surface area contributed by atoms with E-state index >= 15 is 0 Å². The fraction of sp³-hybridized carbons (Fsp3) is 0.429. The summed E-state index contributed by atoms with van der Waals surface area (Å²) in [7, 11) is 0. The first-order valence-corrected chi connectivity index (χ1v) is 6.62. The molecule has 21 heavy (non-hydrogen) atoms. The zero-order valence-corrected chi connectivity index (χ0v) is 11.5. The van der Waals surface area contributed by atoms with Crippen LogP contribution in [0.3, 0.4) is 0 Å². The van der Waals surface area contributed by atoms with Gasteiger partial charge in [-0.25, -0.2) is 13.6 Å². The van der Waals surface area contributed by atoms with Gasteiger partial charge in [0, 0.05) is 18.7 Å². The number of carboxylic acids is 1. The Balaban J connectivity index is 2.02. The Morgan fingerprint density at radius 3 is 2.52 bits per heavy atom. The third-order valence-electron chi connectivity index (χ3n) is 3.60. The Labute approximate surface area is 120 Å². The molecular weight excluding hydrogens is 282 g/mol. The Bertz CT molecular complexity index is 545. The monoisotopic (exact) mass is 298 g/mol. The Morgan fingerprint density at radius 2 is 2.00 bits per heavy atom. The number of benzene rings is 1. The van der Waals surface area contributed by atoms with Gasteiger partial charge in [-0.2, -0.15) is 0 Å². The number of rotatable bonds is 3. The van der Waals surface area contributed by atoms with Crippen molar-refractivity contribution in [3.8, 4) is 0 Å². The number of hydrogen-bond acceptors (Lipinski definition) is 2. The molecular formula is C14H16F2N2O3. The van der Waals surface area contributed by atoms with Gasteiger partial charge in [0.05, 0.1) is 12.0 Å². The van der Waals surface area contributed by atoms with Crippen molar-refractivity contribution in [2.24, 2.45) is 5.92 Å². The number of aliphatic carboxylic acids is 1. The summed E-state index contributed by atoms with van der Waals surface area (Å²) in [5.74, 6) is -2.99. The largest absolute Gasteiger partial charge is 0.481 e. The van der Waals surface area contributed by atoms with Gasteiger partial charge in [-0.1, -0.05) is 6.07 Å². The smallest absolute Gasteiger partial charge is 0.317 e. The lowest BCUT2D eigenvalue weighted by Gasteiger charge is -2.21. The number of carbonyl (C=O) groups excluding carboxylic acids is 1. The van der Waals surface area contributed by atoms with Crippen molar-refractivity contribution in [3.05, 3.63) is 35.4 Å². The summed E-state index contributed by atoms with van der Waals surface area (Å²) in [6.45, 7) is 1.90. The molecule has 1 aromatic carbocycles. The first kappa shape index (κ1) is 15.2. The molecule has 1 aliphatic heterocycles. The number of urea groups is 1. The van der Waals surface area contributed by atoms with E-state index in [2.05, 4.69) is 5.32 Å². The number of likely N-dealkylation sites (tertiary alicyclic amines) is 1. The van der Waals surface area contributed by atoms with Crippen LogP contribution in [0.1, 0.15) is 24.9 Å². The second-order valence-corrected chi connectivity index (χ2v) is 5.08. The first-order valence-electron chi connectivity index (χ1n) is 6.62. The maximum absolute atomic E-state index is 13.6. The van der Waals surface area contributed by atoms with Crippen molar-refractivity contribution in [1.82, 2.24) is 10.2 Å². The summed E-state index contributed by atoms with van der Waals surface area (Å²) in [5.41, 5.74) is -0.208. The summed E-state index contributed by atoms with van der Waals surface area (Å²) in [6.07, 6.45) is 0.380. The number of halogens is 2. The molecule has 2 N–H and O–H groups in total. The molecule has 1 aromatic rings. The van der Waals surface area contributed by atoms with Crippen LogP contribution >= 0.6 is 0 Å². The molecule has 7 heteroatoms. The average molecular weight is 298 g/mol. The van der Waals surface area contributed by atoms with E-state index in [-0.39, 0.29) is 12.1 Å². The predicted octanol–water partition coefficient (Wildman–Crippen LogP) is 2.14. The average Bonchev–Trinajstić information content (AvgIpc) is 2.88. The van der Waals surface area contributed by atoms with Crippen LogP contribution in [0.5, 0.6) is 0 Å². The van der Waals surface area contributed by atoms with Gasteiger partial charge < -0.3 is 15.3 Å². The highest BCUT2D eigenvalue weighted by Gasteiger charge is 2.31. The van der Waals surface area contributed by atoms with E-state index in [1.165, 1.54) is 17.9 Å². The normalized spacial score (nSPS) is 19.4. The van der Waals surface area contributed by atoms with E-state index in [4.69, 9.17) is 5.11 Å². The molecule has 2 atom stereocenters. The lowest BCUT2D eigenvalue weighted by Crippen LogP contribution is -2.40. The van der Waals surface area contributed by atoms with Crippen molar-refractivity contribution in [1.29, 1.82) is 0 Å². The van der Waals surface area contributed by atoms with Gasteiger partial charge in [0.1, 0.15) is 11.6 Å². The van der Waals surface area contributed by atoms with Crippen molar-refractivity contribution >= 4 is 12.0 Å². The Hall–Kier alpha value is -2.18. The first-order chi connectivity index (χ1) is 9.90. The quantitative estimate of drug-likeness (QED) is 0.898. The van der Waals surface area contributed by atoms with E-state index in [9.17, 15) is 18.4 Å². The molecule has 0 radical (unpaired) electrons. The number of carbonyl (C=O) groups is 2. The second-order valence-electron chi connectivity index (χ2n) is 5.08. The van der Waals surface area contributed by atoms with E-state index in [0.29, 0.717) is 13.0 Å². The third-order valence-corrected chi connectivity index (χ3v) is 3.60. The Kier molecular flexibility index (Phi) is 4.40. The molecule has 0 aromatic heterocycles. The summed E-state index contributed by atoms with van der Waals surface area (Å²) in [4.78, 5) is 24.2. The summed E-state index contributed by atoms with van der Waals surface area (Å²) >= 11 is 0. The molecule has 0 aliphatic carbocycles. The maximum atomic E-state index is 13.6. The zero-order valence-electron chi connectivity index (χ0n) is 11.5. The lowest BCUT2D eigenvalue weighted by atomic mass is 10.1. The SMILES string of the molecule is CC(NC(=O)N1CCC(C(=O)O)C1)c1c(F)cccc1F. The van der Waals surface area contributed by atoms with E-state index in [1.807, 2.05) is 0 Å². The number of amides is 2. The summed E-state index contributed by atoms with van der Waals surface area (Å²) in [6, 6.07) is 2.13. The molecule has 0 spiro atoms. The van der Waals surface area contributed by atoms with E-state index in [1.54, 1.807) is 0 Å². The van der Waals surface area contributed by atoms with Gasteiger partial charge in [0.15, 0.2) is 0 Å². The zero-order chi connectivity index (χ0) is 15.6. The minimum absolute atomic E-state index is 0.105. The molecule has 1 heterocycles. The highest BCUT2D eigenvalue weighted by atomic mass is 19.1. The maximum Gasteiger partial charge on any atom is 0.317 e. The van der Waals surface area contributed by atoms with Crippen LogP contribution in [0.25, 0.3) is 0 Å². The van der Waals surface area contributed by atoms with Gasteiger partial charge in [-0.15, -0.1) is 0 Å². The summed E-state index contributed by atoms with van der Waals surface area (Å²) < 4.78 is 27.2. The molecule has 114 valence electrons. The minimum Gasteiger partial charge on any atom is -0.481 e. The van der Waals surface area contributed by atoms with Crippen LogP contribution in [0.4, 0.5) is 13.6 Å². The molecule has 2 unspecified atom stereocenters. The number of nitrogens with zero attached hydrogens (tertiary/aromatic N) is 1. The number of hydrogen-bond donors (Lipinski definition) is 2. The van der Waals surface area contributed by atoms with Crippen molar-refractivity contribution in [2.45, 2.75) is 19.4 Å². The molecule has 0 bridgehead atoms. The van der Waals surface area contributed by atoms with Gasteiger partial charge in [-0.05, 0) is 25.5 Å². The van der Waals surface area contributed by atoms with Gasteiger partial charge in [-0.3, -0.25) is 4.79 Å². The fourth-order valence-corrected chi connectivity index (χ4v) is 2.42. The molecule has 1 aliphatic rings. The molecule has 2 rings (SSSR count). The van der Waals surface area contributed by atoms with Crippen molar-refractivity contribution < 1.29 is 23.5 Å². The van der Waals surface area contributed by atoms with Crippen LogP contribution in [0, 0.1) is 17.6 Å². The van der Waals surface area contributed by atoms with Gasteiger partial charge >= 0.3 is 12.0 Å². The number of carboxylic acid groups (broad SMARTS) is 1. The predicted molar refractivity (Wildman–Crippen MR) is 70.6 cm³/mol.